The average Bonchev–Trinajstić information content (AvgIpc) is 2.88. The van der Waals surface area contributed by atoms with Gasteiger partial charge in [-0.2, -0.15) is 42.0 Å². The van der Waals surface area contributed by atoms with Crippen molar-refractivity contribution in [2.75, 3.05) is 0 Å². The number of hydrogen-bond donors (Lipinski definition) is 0. The van der Waals surface area contributed by atoms with Gasteiger partial charge < -0.3 is 0 Å². The van der Waals surface area contributed by atoms with Crippen LogP contribution in [0.1, 0.15) is 0 Å². The summed E-state index contributed by atoms with van der Waals surface area (Å²) in [5, 5.41) is 5.01. The van der Waals surface area contributed by atoms with E-state index in [9.17, 15) is 0 Å². The summed E-state index contributed by atoms with van der Waals surface area (Å²) >= 11 is 0. The van der Waals surface area contributed by atoms with Crippen LogP contribution in [0.15, 0.2) is 121 Å². The largest absolute Gasteiger partial charge is 0.209 e. The molecule has 6 aromatic carbocycles. The second-order valence-corrected chi connectivity index (χ2v) is 7.96. The van der Waals surface area contributed by atoms with Gasteiger partial charge in [0.15, 0.2) is 0 Å². The molecule has 1 radical (unpaired) electrons. The van der Waals surface area contributed by atoms with E-state index < -0.39 is 0 Å². The maximum atomic E-state index is 3.69. The first-order valence-electron chi connectivity index (χ1n) is 10.9. The van der Waals surface area contributed by atoms with Gasteiger partial charge in [-0.25, -0.2) is 5.56 Å². The first kappa shape index (κ1) is 21.8. The first-order chi connectivity index (χ1) is 15.9. The van der Waals surface area contributed by atoms with Crippen molar-refractivity contribution in [2.24, 2.45) is 0 Å². The van der Waals surface area contributed by atoms with Crippen LogP contribution in [0.2, 0.25) is 0 Å². The Balaban J connectivity index is 0.00000228. The predicted molar refractivity (Wildman–Crippen MR) is 135 cm³/mol. The molecule has 153 valence electrons. The molecule has 0 aliphatic rings. The van der Waals surface area contributed by atoms with Crippen LogP contribution in [0.5, 0.6) is 0 Å². The molecule has 0 aromatic heterocycles. The molecule has 0 unspecified atom stereocenters. The molecule has 0 aliphatic heterocycles. The van der Waals surface area contributed by atoms with Gasteiger partial charge in [0.1, 0.15) is 0 Å². The molecule has 0 N–H and O–H groups in total. The number of rotatable bonds is 3. The van der Waals surface area contributed by atoms with Crippen LogP contribution in [0, 0.1) is 12.1 Å². The maximum Gasteiger partial charge on any atom is 0 e. The van der Waals surface area contributed by atoms with Crippen molar-refractivity contribution in [1.29, 1.82) is 0 Å². The van der Waals surface area contributed by atoms with Crippen LogP contribution in [0.3, 0.4) is 0 Å². The molecule has 0 bridgehead atoms. The van der Waals surface area contributed by atoms with E-state index in [0.717, 1.165) is 16.7 Å². The third-order valence-electron chi connectivity index (χ3n) is 6.06. The number of fused-ring (bicyclic) bond motifs is 2. The van der Waals surface area contributed by atoms with E-state index in [1.165, 1.54) is 38.2 Å². The predicted octanol–water partition coefficient (Wildman–Crippen LogP) is 8.59. The minimum atomic E-state index is 0. The fourth-order valence-electron chi connectivity index (χ4n) is 4.67. The summed E-state index contributed by atoms with van der Waals surface area (Å²) < 4.78 is 0. The van der Waals surface area contributed by atoms with E-state index in [0.29, 0.717) is 0 Å². The fraction of sp³-hybridized carbons (Fsp3) is 0. The quantitative estimate of drug-likeness (QED) is 0.171. The Morgan fingerprint density at radius 2 is 0.909 bits per heavy atom. The molecule has 0 amide bonds. The van der Waals surface area contributed by atoms with E-state index in [4.69, 9.17) is 0 Å². The summed E-state index contributed by atoms with van der Waals surface area (Å²) in [4.78, 5) is 0. The van der Waals surface area contributed by atoms with Gasteiger partial charge in [-0.3, -0.25) is 0 Å². The average molecular weight is 493 g/mol. The van der Waals surface area contributed by atoms with Crippen molar-refractivity contribution >= 4 is 21.5 Å². The van der Waals surface area contributed by atoms with Crippen molar-refractivity contribution in [1.82, 2.24) is 0 Å². The Labute approximate surface area is 219 Å². The zero-order valence-electron chi connectivity index (χ0n) is 18.1. The minimum absolute atomic E-state index is 0. The van der Waals surface area contributed by atoms with Gasteiger partial charge in [0.2, 0.25) is 0 Å². The third-order valence-corrected chi connectivity index (χ3v) is 6.06. The molecule has 0 fully saturated rings. The number of hydrogen-bond acceptors (Lipinski definition) is 0. The van der Waals surface area contributed by atoms with Gasteiger partial charge in [0, 0.05) is 32.7 Å². The summed E-state index contributed by atoms with van der Waals surface area (Å²) in [6.45, 7) is 0. The van der Waals surface area contributed by atoms with E-state index in [2.05, 4.69) is 115 Å². The zero-order chi connectivity index (χ0) is 21.3. The van der Waals surface area contributed by atoms with Crippen LogP contribution in [0.25, 0.3) is 54.9 Å². The monoisotopic (exact) mass is 493 g/mol. The summed E-state index contributed by atoms with van der Waals surface area (Å²) in [6.07, 6.45) is 0. The Kier molecular flexibility index (Phi) is 6.22. The third kappa shape index (κ3) is 3.95. The smallest absolute Gasteiger partial charge is 0 e. The molecule has 0 nitrogen and oxygen atoms in total. The molecule has 0 heterocycles. The van der Waals surface area contributed by atoms with Gasteiger partial charge in [0.05, 0.1) is 0 Å². The molecular weight excluding hydrogens is 473 g/mol. The SMILES string of the molecule is [Y].[c-]1ccccc1-c1[c-]c(-c2c3ccccc3c(-c3ccccc3)c3ccccc23)ccc1. The van der Waals surface area contributed by atoms with Crippen LogP contribution < -0.4 is 0 Å². The Morgan fingerprint density at radius 1 is 0.394 bits per heavy atom. The molecule has 6 aromatic rings. The van der Waals surface area contributed by atoms with Crippen LogP contribution >= 0.6 is 0 Å². The molecular formula is C32H20Y-2. The second-order valence-electron chi connectivity index (χ2n) is 7.96. The molecule has 6 rings (SSSR count). The van der Waals surface area contributed by atoms with Crippen molar-refractivity contribution < 1.29 is 32.7 Å². The van der Waals surface area contributed by atoms with Gasteiger partial charge in [-0.05, 0) is 32.7 Å². The maximum absolute atomic E-state index is 3.69. The van der Waals surface area contributed by atoms with Crippen LogP contribution in [-0.2, 0) is 32.7 Å². The van der Waals surface area contributed by atoms with E-state index in [1.54, 1.807) is 0 Å². The van der Waals surface area contributed by atoms with Crippen molar-refractivity contribution in [3.8, 4) is 33.4 Å². The van der Waals surface area contributed by atoms with E-state index >= 15 is 0 Å². The van der Waals surface area contributed by atoms with Crippen molar-refractivity contribution in [2.45, 2.75) is 0 Å². The van der Waals surface area contributed by atoms with Crippen LogP contribution in [-0.4, -0.2) is 0 Å². The second kappa shape index (κ2) is 9.43. The van der Waals surface area contributed by atoms with Crippen molar-refractivity contribution in [3.05, 3.63) is 133 Å². The topological polar surface area (TPSA) is 0 Å². The minimum Gasteiger partial charge on any atom is -0.209 e. The van der Waals surface area contributed by atoms with Gasteiger partial charge >= 0.3 is 0 Å². The summed E-state index contributed by atoms with van der Waals surface area (Å²) in [6, 6.07) is 49.7. The zero-order valence-corrected chi connectivity index (χ0v) is 21.0. The molecule has 0 atom stereocenters. The van der Waals surface area contributed by atoms with Crippen molar-refractivity contribution in [3.63, 3.8) is 0 Å². The molecule has 0 aliphatic carbocycles. The summed E-state index contributed by atoms with van der Waals surface area (Å²) in [5.41, 5.74) is 6.98. The van der Waals surface area contributed by atoms with Gasteiger partial charge in [0.25, 0.3) is 0 Å². The summed E-state index contributed by atoms with van der Waals surface area (Å²) in [5.74, 6) is 0. The molecule has 1 heteroatoms. The van der Waals surface area contributed by atoms with E-state index in [-0.39, 0.29) is 32.7 Å². The van der Waals surface area contributed by atoms with Gasteiger partial charge in [-0.1, -0.05) is 84.4 Å². The Hall–Kier alpha value is -3.06. The summed E-state index contributed by atoms with van der Waals surface area (Å²) in [7, 11) is 0. The first-order valence-corrected chi connectivity index (χ1v) is 10.9. The standard InChI is InChI=1S/C32H20.Y/c1-3-12-23(13-4-1)25-16-11-17-26(22-25)32-29-20-9-7-18-27(29)31(24-14-5-2-6-15-24)28-19-8-10-21-30(28)32;/h1-12,14-21H;/q-2;. The Morgan fingerprint density at radius 3 is 1.52 bits per heavy atom. The molecule has 0 saturated carbocycles. The van der Waals surface area contributed by atoms with E-state index in [1.807, 2.05) is 18.2 Å². The normalized spacial score (nSPS) is 10.8. The number of benzene rings is 6. The van der Waals surface area contributed by atoms with Crippen LogP contribution in [0.4, 0.5) is 0 Å². The molecule has 33 heavy (non-hydrogen) atoms. The molecule has 0 saturated heterocycles. The molecule has 0 spiro atoms. The Bertz CT molecular complexity index is 1490. The van der Waals surface area contributed by atoms with Gasteiger partial charge in [-0.15, -0.1) is 23.8 Å². The fourth-order valence-corrected chi connectivity index (χ4v) is 4.67.